The molecule has 0 radical (unpaired) electrons. The van der Waals surface area contributed by atoms with Gasteiger partial charge in [0, 0.05) is 5.56 Å². The van der Waals surface area contributed by atoms with Crippen LogP contribution in [-0.2, 0) is 17.5 Å². The summed E-state index contributed by atoms with van der Waals surface area (Å²) in [5.41, 5.74) is 0.213. The Kier molecular flexibility index (Phi) is 6.84. The van der Waals surface area contributed by atoms with E-state index in [1.165, 1.54) is 31.6 Å². The van der Waals surface area contributed by atoms with Crippen LogP contribution in [-0.4, -0.2) is 18.2 Å². The Morgan fingerprint density at radius 1 is 1.17 bits per heavy atom. The van der Waals surface area contributed by atoms with Crippen molar-refractivity contribution in [2.75, 3.05) is 7.11 Å². The van der Waals surface area contributed by atoms with Crippen molar-refractivity contribution < 1.29 is 31.9 Å². The number of halogens is 3. The molecule has 1 aliphatic heterocycles. The number of hydrogen-bond acceptors (Lipinski definition) is 7. The van der Waals surface area contributed by atoms with Crippen molar-refractivity contribution in [3.8, 4) is 23.3 Å². The number of alkyl halides is 3. The first-order valence-corrected chi connectivity index (χ1v) is 10.8. The zero-order valence-electron chi connectivity index (χ0n) is 18.1. The second-order valence-electron chi connectivity index (χ2n) is 7.15. The summed E-state index contributed by atoms with van der Waals surface area (Å²) in [6.45, 7) is 0.349. The highest BCUT2D eigenvalue weighted by Crippen LogP contribution is 2.41. The quantitative estimate of drug-likeness (QED) is 0.435. The molecule has 3 aromatic rings. The van der Waals surface area contributed by atoms with Crippen LogP contribution in [0.5, 0.6) is 17.2 Å². The Morgan fingerprint density at radius 2 is 1.97 bits per heavy atom. The number of thioether (sulfide) groups is 1. The van der Waals surface area contributed by atoms with Gasteiger partial charge in [0.05, 0.1) is 48.3 Å². The third-order valence-corrected chi connectivity index (χ3v) is 5.70. The minimum Gasteiger partial charge on any atom is -0.493 e. The van der Waals surface area contributed by atoms with Crippen LogP contribution in [0.2, 0.25) is 0 Å². The van der Waals surface area contributed by atoms with Crippen molar-refractivity contribution in [3.63, 3.8) is 0 Å². The summed E-state index contributed by atoms with van der Waals surface area (Å²) in [5.74, 6) is -0.595. The Labute approximate surface area is 201 Å². The molecule has 1 aliphatic rings. The number of methoxy groups -OCH3 is 1. The van der Waals surface area contributed by atoms with E-state index in [9.17, 15) is 18.0 Å². The summed E-state index contributed by atoms with van der Waals surface area (Å²) in [7, 11) is 1.35. The molecule has 1 fully saturated rings. The van der Waals surface area contributed by atoms with Crippen LogP contribution in [0, 0.1) is 11.3 Å². The number of rotatable bonds is 6. The predicted octanol–water partition coefficient (Wildman–Crippen LogP) is 5.73. The smallest absolute Gasteiger partial charge is 0.420 e. The zero-order chi connectivity index (χ0) is 25.0. The monoisotopic (exact) mass is 499 g/mol. The highest BCUT2D eigenvalue weighted by molar-refractivity contribution is 8.18. The van der Waals surface area contributed by atoms with Gasteiger partial charge in [0.25, 0.3) is 5.91 Å². The van der Waals surface area contributed by atoms with Gasteiger partial charge in [-0.15, -0.1) is 0 Å². The maximum absolute atomic E-state index is 13.5. The molecular weight excluding hydrogens is 483 g/mol. The molecule has 1 N–H and O–H groups in total. The lowest BCUT2D eigenvalue weighted by molar-refractivity contribution is -0.138. The maximum atomic E-state index is 13.5. The van der Waals surface area contributed by atoms with E-state index in [1.54, 1.807) is 30.5 Å². The molecule has 0 spiro atoms. The number of amides is 1. The number of ether oxygens (including phenoxy) is 2. The molecule has 2 aromatic carbocycles. The lowest BCUT2D eigenvalue weighted by atomic mass is 10.1. The molecule has 1 aromatic heterocycles. The number of nitrogens with zero attached hydrogens (tertiary/aromatic N) is 2. The number of nitriles is 1. The SMILES string of the molecule is COc1cc(/C=C2\SC(=NCc3ccoc3)NC2=O)ccc1Oc1ccc(C#N)cc1C(F)(F)F. The van der Waals surface area contributed by atoms with Gasteiger partial charge < -0.3 is 19.2 Å². The molecule has 0 unspecified atom stereocenters. The first kappa shape index (κ1) is 24.0. The standard InChI is InChI=1S/C24H16F3N3O4S/c1-32-20-9-14(10-21-22(31)30-23(35-21)29-12-16-6-7-33-13-16)2-5-19(20)34-18-4-3-15(11-28)8-17(18)24(25,26)27/h2-10,13H,12H2,1H3,(H,29,30,31)/b21-10-. The van der Waals surface area contributed by atoms with E-state index < -0.39 is 17.5 Å². The highest BCUT2D eigenvalue weighted by atomic mass is 32.2. The Bertz CT molecular complexity index is 1360. The van der Waals surface area contributed by atoms with Crippen molar-refractivity contribution >= 4 is 28.9 Å². The maximum Gasteiger partial charge on any atom is 0.420 e. The summed E-state index contributed by atoms with van der Waals surface area (Å²) in [4.78, 5) is 17.0. The summed E-state index contributed by atoms with van der Waals surface area (Å²) < 4.78 is 56.2. The molecule has 0 saturated carbocycles. The average molecular weight is 499 g/mol. The van der Waals surface area contributed by atoms with Crippen LogP contribution in [0.4, 0.5) is 13.2 Å². The van der Waals surface area contributed by atoms with E-state index in [1.807, 2.05) is 0 Å². The molecule has 178 valence electrons. The number of furan rings is 1. The van der Waals surface area contributed by atoms with Crippen molar-refractivity contribution in [2.24, 2.45) is 4.99 Å². The highest BCUT2D eigenvalue weighted by Gasteiger charge is 2.35. The molecule has 35 heavy (non-hydrogen) atoms. The Balaban J connectivity index is 1.56. The second kappa shape index (κ2) is 9.99. The third kappa shape index (κ3) is 5.67. The van der Waals surface area contributed by atoms with Crippen LogP contribution in [0.3, 0.4) is 0 Å². The number of carbonyl (C=O) groups is 1. The number of carbonyl (C=O) groups excluding carboxylic acids is 1. The molecule has 0 bridgehead atoms. The van der Waals surface area contributed by atoms with E-state index in [0.717, 1.165) is 29.5 Å². The molecule has 2 heterocycles. The minimum absolute atomic E-state index is 0.0377. The van der Waals surface area contributed by atoms with Gasteiger partial charge in [-0.3, -0.25) is 9.79 Å². The topological polar surface area (TPSA) is 96.8 Å². The third-order valence-electron chi connectivity index (χ3n) is 4.76. The van der Waals surface area contributed by atoms with E-state index >= 15 is 0 Å². The van der Waals surface area contributed by atoms with Gasteiger partial charge in [-0.1, -0.05) is 6.07 Å². The second-order valence-corrected chi connectivity index (χ2v) is 8.18. The summed E-state index contributed by atoms with van der Waals surface area (Å²) in [6.07, 6.45) is -0.0137. The normalized spacial score (nSPS) is 15.8. The van der Waals surface area contributed by atoms with E-state index in [-0.39, 0.29) is 23.0 Å². The van der Waals surface area contributed by atoms with Crippen molar-refractivity contribution in [1.29, 1.82) is 5.26 Å². The molecule has 0 aliphatic carbocycles. The van der Waals surface area contributed by atoms with Crippen LogP contribution in [0.15, 0.2) is 69.3 Å². The van der Waals surface area contributed by atoms with Crippen molar-refractivity contribution in [1.82, 2.24) is 5.32 Å². The first-order valence-electron chi connectivity index (χ1n) is 10.0. The molecule has 4 rings (SSSR count). The number of hydrogen-bond donors (Lipinski definition) is 1. The van der Waals surface area contributed by atoms with Gasteiger partial charge in [0.2, 0.25) is 0 Å². The van der Waals surface area contributed by atoms with E-state index in [2.05, 4.69) is 10.3 Å². The van der Waals surface area contributed by atoms with Gasteiger partial charge in [0.1, 0.15) is 5.75 Å². The number of amidine groups is 1. The average Bonchev–Trinajstić information content (AvgIpc) is 3.48. The summed E-state index contributed by atoms with van der Waals surface area (Å²) >= 11 is 1.16. The van der Waals surface area contributed by atoms with E-state index in [0.29, 0.717) is 22.2 Å². The van der Waals surface area contributed by atoms with Crippen LogP contribution >= 0.6 is 11.8 Å². The van der Waals surface area contributed by atoms with Gasteiger partial charge in [-0.05, 0) is 59.8 Å². The van der Waals surface area contributed by atoms with Crippen molar-refractivity contribution in [3.05, 3.63) is 82.1 Å². The lowest BCUT2D eigenvalue weighted by Gasteiger charge is -2.16. The lowest BCUT2D eigenvalue weighted by Crippen LogP contribution is -2.19. The molecular formula is C24H16F3N3O4S. The predicted molar refractivity (Wildman–Crippen MR) is 123 cm³/mol. The van der Waals surface area contributed by atoms with Crippen LogP contribution < -0.4 is 14.8 Å². The van der Waals surface area contributed by atoms with Crippen molar-refractivity contribution in [2.45, 2.75) is 12.7 Å². The van der Waals surface area contributed by atoms with Gasteiger partial charge in [0.15, 0.2) is 16.7 Å². The number of nitrogens with one attached hydrogen (secondary N) is 1. The Morgan fingerprint density at radius 3 is 2.66 bits per heavy atom. The minimum atomic E-state index is -4.72. The molecule has 1 saturated heterocycles. The van der Waals surface area contributed by atoms with Gasteiger partial charge in [-0.25, -0.2) is 0 Å². The van der Waals surface area contributed by atoms with Crippen LogP contribution in [0.25, 0.3) is 6.08 Å². The summed E-state index contributed by atoms with van der Waals surface area (Å²) in [6, 6.07) is 11.1. The number of aliphatic imine (C=N–C) groups is 1. The fraction of sp³-hybridized carbons (Fsp3) is 0.125. The fourth-order valence-electron chi connectivity index (χ4n) is 3.09. The molecule has 7 nitrogen and oxygen atoms in total. The van der Waals surface area contributed by atoms with Gasteiger partial charge >= 0.3 is 6.18 Å². The first-order chi connectivity index (χ1) is 16.8. The fourth-order valence-corrected chi connectivity index (χ4v) is 3.91. The molecule has 1 amide bonds. The number of benzene rings is 2. The largest absolute Gasteiger partial charge is 0.493 e. The van der Waals surface area contributed by atoms with Gasteiger partial charge in [-0.2, -0.15) is 18.4 Å². The molecule has 11 heteroatoms. The Hall–Kier alpha value is -4.17. The summed E-state index contributed by atoms with van der Waals surface area (Å²) in [5, 5.41) is 12.0. The zero-order valence-corrected chi connectivity index (χ0v) is 18.9. The van der Waals surface area contributed by atoms with E-state index in [4.69, 9.17) is 19.2 Å². The molecule has 0 atom stereocenters. The van der Waals surface area contributed by atoms with Crippen LogP contribution in [0.1, 0.15) is 22.3 Å².